The second kappa shape index (κ2) is 10.7. The molecular formula is C27H28ClFN8OS. The molecule has 2 aromatic carbocycles. The molecule has 1 unspecified atom stereocenters. The fourth-order valence-electron chi connectivity index (χ4n) is 5.51. The Labute approximate surface area is 234 Å². The van der Waals surface area contributed by atoms with Crippen molar-refractivity contribution < 1.29 is 9.13 Å². The molecule has 2 saturated heterocycles. The molecule has 202 valence electrons. The summed E-state index contributed by atoms with van der Waals surface area (Å²) in [7, 11) is 2.07. The molecule has 4 heterocycles. The molecule has 39 heavy (non-hydrogen) atoms. The van der Waals surface area contributed by atoms with Gasteiger partial charge in [-0.1, -0.05) is 35.1 Å². The summed E-state index contributed by atoms with van der Waals surface area (Å²) in [6.07, 6.45) is 2.50. The molecule has 3 N–H and O–H groups in total. The molecule has 2 atom stereocenters. The average molecular weight is 567 g/mol. The highest BCUT2D eigenvalue weighted by atomic mass is 35.5. The highest BCUT2D eigenvalue weighted by molar-refractivity contribution is 7.22. The Morgan fingerprint density at radius 1 is 1.28 bits per heavy atom. The van der Waals surface area contributed by atoms with Crippen LogP contribution in [-0.2, 0) is 0 Å². The summed E-state index contributed by atoms with van der Waals surface area (Å²) in [4.78, 5) is 18.1. The van der Waals surface area contributed by atoms with Gasteiger partial charge in [0.05, 0.1) is 27.7 Å². The van der Waals surface area contributed by atoms with Crippen LogP contribution in [0.4, 0.5) is 15.3 Å². The SMILES string of the molecule is CN1CCCC1COc1nc(N2CCN[C@@H](CC#N)C2)c2cc(Cl)c(-c3cccc4sc(N)nc34)c(F)c2n1. The van der Waals surface area contributed by atoms with Crippen LogP contribution in [0.5, 0.6) is 6.01 Å². The molecule has 4 aromatic rings. The van der Waals surface area contributed by atoms with Crippen LogP contribution in [0.3, 0.4) is 0 Å². The number of ether oxygens (including phenoxy) is 1. The number of nitrogens with one attached hydrogen (secondary N) is 1. The maximum atomic E-state index is 16.5. The highest BCUT2D eigenvalue weighted by Gasteiger charge is 2.28. The zero-order chi connectivity index (χ0) is 27.1. The molecule has 0 saturated carbocycles. The van der Waals surface area contributed by atoms with Crippen molar-refractivity contribution in [3.8, 4) is 23.2 Å². The molecule has 2 fully saturated rings. The lowest BCUT2D eigenvalue weighted by Crippen LogP contribution is -2.51. The van der Waals surface area contributed by atoms with E-state index in [4.69, 9.17) is 27.1 Å². The van der Waals surface area contributed by atoms with E-state index < -0.39 is 5.82 Å². The van der Waals surface area contributed by atoms with Gasteiger partial charge in [0.2, 0.25) is 0 Å². The number of nitrogen functional groups attached to an aromatic ring is 1. The number of para-hydroxylation sites is 1. The number of rotatable bonds is 6. The number of benzene rings is 2. The molecule has 0 aliphatic carbocycles. The number of thiazole rings is 1. The van der Waals surface area contributed by atoms with Crippen molar-refractivity contribution in [3.63, 3.8) is 0 Å². The Kier molecular flexibility index (Phi) is 7.12. The predicted octanol–water partition coefficient (Wildman–Crippen LogP) is 4.45. The van der Waals surface area contributed by atoms with Gasteiger partial charge in [-0.15, -0.1) is 0 Å². The Balaban J connectivity index is 1.49. The standard InChI is InChI=1S/C27H28ClFN8OS/c1-36-10-3-4-16(36)14-38-27-34-24-18(25(35-27)37-11-9-32-15(13-37)7-8-30)12-19(28)21(22(24)29)17-5-2-6-20-23(17)33-26(31)39-20/h2,5-6,12,15-16,32H,3-4,7,9-11,13-14H2,1H3,(H2,31,33)/t15-,16?/m0/s1. The topological polar surface area (TPSA) is 116 Å². The minimum Gasteiger partial charge on any atom is -0.462 e. The summed E-state index contributed by atoms with van der Waals surface area (Å²) in [5.74, 6) is -0.0190. The van der Waals surface area contributed by atoms with Gasteiger partial charge in [-0.25, -0.2) is 9.37 Å². The maximum Gasteiger partial charge on any atom is 0.319 e. The normalized spacial score (nSPS) is 20.1. The summed E-state index contributed by atoms with van der Waals surface area (Å²) >= 11 is 8.12. The van der Waals surface area contributed by atoms with E-state index in [1.807, 2.05) is 17.0 Å². The number of hydrogen-bond donors (Lipinski definition) is 2. The molecule has 2 aliphatic rings. The molecule has 0 spiro atoms. The monoisotopic (exact) mass is 566 g/mol. The molecule has 6 rings (SSSR count). The van der Waals surface area contributed by atoms with Gasteiger partial charge in [0.25, 0.3) is 0 Å². The fourth-order valence-corrected chi connectivity index (χ4v) is 6.56. The number of nitriles is 1. The van der Waals surface area contributed by atoms with Crippen LogP contribution in [0.2, 0.25) is 5.02 Å². The smallest absolute Gasteiger partial charge is 0.319 e. The summed E-state index contributed by atoms with van der Waals surface area (Å²) in [5.41, 5.74) is 7.46. The molecule has 12 heteroatoms. The van der Waals surface area contributed by atoms with Crippen molar-refractivity contribution in [2.24, 2.45) is 0 Å². The van der Waals surface area contributed by atoms with Gasteiger partial charge in [0.1, 0.15) is 17.9 Å². The van der Waals surface area contributed by atoms with E-state index in [-0.39, 0.29) is 34.2 Å². The Morgan fingerprint density at radius 3 is 2.95 bits per heavy atom. The van der Waals surface area contributed by atoms with Gasteiger partial charge in [-0.05, 0) is 38.6 Å². The predicted molar refractivity (Wildman–Crippen MR) is 153 cm³/mol. The first-order valence-electron chi connectivity index (χ1n) is 13.0. The lowest BCUT2D eigenvalue weighted by atomic mass is 10.0. The summed E-state index contributed by atoms with van der Waals surface area (Å²) in [6.45, 7) is 3.28. The number of fused-ring (bicyclic) bond motifs is 2. The molecule has 9 nitrogen and oxygen atoms in total. The minimum absolute atomic E-state index is 0.0300. The lowest BCUT2D eigenvalue weighted by molar-refractivity contribution is 0.188. The zero-order valence-electron chi connectivity index (χ0n) is 21.5. The van der Waals surface area contributed by atoms with Crippen LogP contribution in [-0.4, -0.2) is 71.8 Å². The van der Waals surface area contributed by atoms with Gasteiger partial charge in [0.15, 0.2) is 10.9 Å². The first-order valence-corrected chi connectivity index (χ1v) is 14.2. The number of halogens is 2. The van der Waals surface area contributed by atoms with E-state index in [9.17, 15) is 5.26 Å². The Hall–Kier alpha value is -3.30. The number of nitrogens with zero attached hydrogens (tertiary/aromatic N) is 6. The van der Waals surface area contributed by atoms with Gasteiger partial charge in [0, 0.05) is 48.2 Å². The van der Waals surface area contributed by atoms with Crippen LogP contribution >= 0.6 is 22.9 Å². The summed E-state index contributed by atoms with van der Waals surface area (Å²) in [6, 6.07) is 9.81. The van der Waals surface area contributed by atoms with E-state index in [2.05, 4.69) is 33.3 Å². The summed E-state index contributed by atoms with van der Waals surface area (Å²) < 4.78 is 23.4. The van der Waals surface area contributed by atoms with Gasteiger partial charge in [-0.3, -0.25) is 0 Å². The van der Waals surface area contributed by atoms with Crippen molar-refractivity contribution in [2.75, 3.05) is 50.5 Å². The maximum absolute atomic E-state index is 16.5. The van der Waals surface area contributed by atoms with E-state index in [1.54, 1.807) is 12.1 Å². The number of anilines is 2. The van der Waals surface area contributed by atoms with Crippen molar-refractivity contribution in [2.45, 2.75) is 31.3 Å². The van der Waals surface area contributed by atoms with Gasteiger partial charge < -0.3 is 25.6 Å². The highest BCUT2D eigenvalue weighted by Crippen LogP contribution is 2.42. The first kappa shape index (κ1) is 26.0. The molecule has 2 aliphatic heterocycles. The number of nitrogens with two attached hydrogens (primary N) is 1. The van der Waals surface area contributed by atoms with Crippen molar-refractivity contribution >= 4 is 55.0 Å². The lowest BCUT2D eigenvalue weighted by Gasteiger charge is -2.34. The van der Waals surface area contributed by atoms with Crippen molar-refractivity contribution in [3.05, 3.63) is 35.1 Å². The molecule has 0 bridgehead atoms. The van der Waals surface area contributed by atoms with Crippen molar-refractivity contribution in [1.82, 2.24) is 25.2 Å². The zero-order valence-corrected chi connectivity index (χ0v) is 23.0. The second-order valence-corrected chi connectivity index (χ2v) is 11.5. The number of likely N-dealkylation sites (N-methyl/N-ethyl adjacent to an activating group) is 1. The largest absolute Gasteiger partial charge is 0.462 e. The van der Waals surface area contributed by atoms with Crippen LogP contribution in [0, 0.1) is 17.1 Å². The average Bonchev–Trinajstić information content (AvgIpc) is 3.52. The number of piperazine rings is 1. The minimum atomic E-state index is -0.563. The molecule has 0 radical (unpaired) electrons. The van der Waals surface area contributed by atoms with Crippen LogP contribution < -0.4 is 20.7 Å². The molecular weight excluding hydrogens is 539 g/mol. The van der Waals surface area contributed by atoms with E-state index >= 15 is 4.39 Å². The molecule has 2 aromatic heterocycles. The number of hydrogen-bond acceptors (Lipinski definition) is 10. The third kappa shape index (κ3) is 4.94. The van der Waals surface area contributed by atoms with Crippen LogP contribution in [0.1, 0.15) is 19.3 Å². The van der Waals surface area contributed by atoms with Crippen LogP contribution in [0.25, 0.3) is 32.2 Å². The number of aromatic nitrogens is 3. The van der Waals surface area contributed by atoms with Crippen LogP contribution in [0.15, 0.2) is 24.3 Å². The Morgan fingerprint density at radius 2 is 2.15 bits per heavy atom. The molecule has 0 amide bonds. The first-order chi connectivity index (χ1) is 18.9. The summed E-state index contributed by atoms with van der Waals surface area (Å²) in [5, 5.41) is 13.7. The van der Waals surface area contributed by atoms with Crippen molar-refractivity contribution in [1.29, 1.82) is 5.26 Å². The quantitative estimate of drug-likeness (QED) is 0.349. The fraction of sp³-hybridized carbons (Fsp3) is 0.407. The van der Waals surface area contributed by atoms with Gasteiger partial charge in [-0.2, -0.15) is 15.2 Å². The number of likely N-dealkylation sites (tertiary alicyclic amines) is 1. The van der Waals surface area contributed by atoms with Gasteiger partial charge >= 0.3 is 6.01 Å². The van der Waals surface area contributed by atoms with E-state index in [1.165, 1.54) is 11.3 Å². The third-order valence-electron chi connectivity index (χ3n) is 7.52. The van der Waals surface area contributed by atoms with E-state index in [0.29, 0.717) is 60.1 Å². The third-order valence-corrected chi connectivity index (χ3v) is 8.66. The second-order valence-electron chi connectivity index (χ2n) is 10.0. The van der Waals surface area contributed by atoms with E-state index in [0.717, 1.165) is 24.1 Å². The Bertz CT molecular complexity index is 1590.